The number of ether oxygens (including phenoxy) is 1. The van der Waals surface area contributed by atoms with Gasteiger partial charge in [0.15, 0.2) is 6.61 Å². The lowest BCUT2D eigenvalue weighted by molar-refractivity contribution is -0.293. The predicted octanol–water partition coefficient (Wildman–Crippen LogP) is 3.82. The van der Waals surface area contributed by atoms with Crippen LogP contribution in [0.5, 0.6) is 0 Å². The van der Waals surface area contributed by atoms with Gasteiger partial charge >= 0.3 is 24.1 Å². The van der Waals surface area contributed by atoms with Gasteiger partial charge in [-0.25, -0.2) is 9.59 Å². The second-order valence-electron chi connectivity index (χ2n) is 5.37. The Balaban J connectivity index is 2.31. The van der Waals surface area contributed by atoms with Gasteiger partial charge in [0, 0.05) is 10.2 Å². The zero-order valence-electron chi connectivity index (χ0n) is 13.1. The molecule has 1 aliphatic rings. The minimum Gasteiger partial charge on any atom is -0.455 e. The fourth-order valence-electron chi connectivity index (χ4n) is 2.22. The first-order chi connectivity index (χ1) is 11.9. The summed E-state index contributed by atoms with van der Waals surface area (Å²) in [5.74, 6) is -6.59. The molecule has 2 N–H and O–H groups in total. The second-order valence-corrected chi connectivity index (χ2v) is 6.22. The lowest BCUT2D eigenvalue weighted by Crippen LogP contribution is -2.46. The molecule has 0 aromatic heterocycles. The number of hydrogen-bond donors (Lipinski definition) is 2. The van der Waals surface area contributed by atoms with Crippen LogP contribution in [0.3, 0.4) is 0 Å². The smallest absolute Gasteiger partial charge is 0.455 e. The van der Waals surface area contributed by atoms with Crippen LogP contribution in [0.25, 0.3) is 0 Å². The Bertz CT molecular complexity index is 764. The first kappa shape index (κ1) is 20.1. The largest absolute Gasteiger partial charge is 0.456 e. The SMILES string of the molecule is CC1=C(C(=O)OCC(F)(F)C(F)(F)F)C(c2ccccc2Br)NC(=O)N1. The minimum absolute atomic E-state index is 0.0187. The van der Waals surface area contributed by atoms with E-state index in [9.17, 15) is 31.5 Å². The van der Waals surface area contributed by atoms with Crippen molar-refractivity contribution in [3.8, 4) is 0 Å². The van der Waals surface area contributed by atoms with E-state index in [4.69, 9.17) is 0 Å². The summed E-state index contributed by atoms with van der Waals surface area (Å²) in [4.78, 5) is 23.9. The lowest BCUT2D eigenvalue weighted by atomic mass is 9.95. The summed E-state index contributed by atoms with van der Waals surface area (Å²) in [7, 11) is 0. The van der Waals surface area contributed by atoms with Gasteiger partial charge in [-0.15, -0.1) is 0 Å². The van der Waals surface area contributed by atoms with Crippen molar-refractivity contribution in [2.24, 2.45) is 0 Å². The minimum atomic E-state index is -5.85. The van der Waals surface area contributed by atoms with Gasteiger partial charge in [-0.3, -0.25) is 0 Å². The van der Waals surface area contributed by atoms with Crippen molar-refractivity contribution in [3.05, 3.63) is 45.6 Å². The summed E-state index contributed by atoms with van der Waals surface area (Å²) in [6.07, 6.45) is -5.85. The van der Waals surface area contributed by atoms with Crippen molar-refractivity contribution in [1.82, 2.24) is 10.6 Å². The number of esters is 1. The highest BCUT2D eigenvalue weighted by atomic mass is 79.9. The quantitative estimate of drug-likeness (QED) is 0.550. The van der Waals surface area contributed by atoms with Crippen LogP contribution in [-0.4, -0.2) is 30.7 Å². The van der Waals surface area contributed by atoms with Crippen molar-refractivity contribution >= 4 is 27.9 Å². The van der Waals surface area contributed by atoms with Crippen LogP contribution >= 0.6 is 15.9 Å². The molecule has 2 rings (SSSR count). The molecule has 0 saturated heterocycles. The van der Waals surface area contributed by atoms with Gasteiger partial charge in [0.05, 0.1) is 11.6 Å². The molecule has 0 bridgehead atoms. The number of rotatable bonds is 4. The maximum atomic E-state index is 13.0. The van der Waals surface area contributed by atoms with Crippen LogP contribution in [0.1, 0.15) is 18.5 Å². The van der Waals surface area contributed by atoms with E-state index in [2.05, 4.69) is 31.3 Å². The van der Waals surface area contributed by atoms with Crippen LogP contribution in [0, 0.1) is 0 Å². The predicted molar refractivity (Wildman–Crippen MR) is 83.2 cm³/mol. The maximum absolute atomic E-state index is 13.0. The number of urea groups is 1. The summed E-state index contributed by atoms with van der Waals surface area (Å²) < 4.78 is 67.3. The Labute approximate surface area is 152 Å². The fourth-order valence-corrected chi connectivity index (χ4v) is 2.74. The zero-order chi connectivity index (χ0) is 19.7. The summed E-state index contributed by atoms with van der Waals surface area (Å²) in [6.45, 7) is -0.857. The van der Waals surface area contributed by atoms with Gasteiger partial charge in [-0.2, -0.15) is 22.0 Å². The molecule has 1 aromatic rings. The van der Waals surface area contributed by atoms with E-state index < -0.39 is 36.7 Å². The Morgan fingerprint density at radius 2 is 1.85 bits per heavy atom. The topological polar surface area (TPSA) is 67.4 Å². The van der Waals surface area contributed by atoms with Crippen molar-refractivity contribution in [2.75, 3.05) is 6.61 Å². The van der Waals surface area contributed by atoms with Gasteiger partial charge in [0.1, 0.15) is 0 Å². The average Bonchev–Trinajstić information content (AvgIpc) is 2.51. The number of nitrogens with one attached hydrogen (secondary N) is 2. The highest BCUT2D eigenvalue weighted by Crippen LogP contribution is 2.37. The van der Waals surface area contributed by atoms with Crippen molar-refractivity contribution < 1.29 is 36.3 Å². The van der Waals surface area contributed by atoms with Crippen LogP contribution in [-0.2, 0) is 9.53 Å². The summed E-state index contributed by atoms with van der Waals surface area (Å²) in [6, 6.07) is 4.66. The van der Waals surface area contributed by atoms with Crippen LogP contribution in [0.4, 0.5) is 26.7 Å². The summed E-state index contributed by atoms with van der Waals surface area (Å²) >= 11 is 3.23. The standard InChI is InChI=1S/C15H12BrF5N2O3/c1-7-10(12(24)26-6-14(17,18)15(19,20)21)11(23-13(25)22-7)8-4-2-3-5-9(8)16/h2-5,11H,6H2,1H3,(H2,22,23,25). The third-order valence-corrected chi connectivity index (χ3v) is 4.23. The second kappa shape index (κ2) is 7.22. The Kier molecular flexibility index (Phi) is 5.59. The zero-order valence-corrected chi connectivity index (χ0v) is 14.7. The molecule has 26 heavy (non-hydrogen) atoms. The van der Waals surface area contributed by atoms with Crippen molar-refractivity contribution in [3.63, 3.8) is 0 Å². The van der Waals surface area contributed by atoms with Gasteiger partial charge < -0.3 is 15.4 Å². The number of benzene rings is 1. The number of halogens is 6. The molecule has 0 fully saturated rings. The number of allylic oxidation sites excluding steroid dienone is 1. The lowest BCUT2D eigenvalue weighted by Gasteiger charge is -2.29. The average molecular weight is 443 g/mol. The number of amides is 2. The summed E-state index contributed by atoms with van der Waals surface area (Å²) in [5.41, 5.74) is 0.0977. The molecule has 0 spiro atoms. The van der Waals surface area contributed by atoms with Crippen LogP contribution in [0.2, 0.25) is 0 Å². The van der Waals surface area contributed by atoms with Gasteiger partial charge in [-0.1, -0.05) is 34.1 Å². The molecule has 0 saturated carbocycles. The molecule has 1 unspecified atom stereocenters. The van der Waals surface area contributed by atoms with Crippen LogP contribution in [0.15, 0.2) is 40.0 Å². The highest BCUT2D eigenvalue weighted by Gasteiger charge is 2.58. The fraction of sp³-hybridized carbons (Fsp3) is 0.333. The number of hydrogen-bond acceptors (Lipinski definition) is 3. The van der Waals surface area contributed by atoms with Crippen molar-refractivity contribution in [1.29, 1.82) is 0 Å². The molecule has 0 aliphatic carbocycles. The first-order valence-corrected chi connectivity index (χ1v) is 7.87. The van der Waals surface area contributed by atoms with E-state index in [0.29, 0.717) is 10.0 Å². The third kappa shape index (κ3) is 4.14. The molecule has 1 atom stereocenters. The van der Waals surface area contributed by atoms with E-state index in [0.717, 1.165) is 0 Å². The third-order valence-electron chi connectivity index (χ3n) is 3.50. The van der Waals surface area contributed by atoms with Crippen LogP contribution < -0.4 is 10.6 Å². The summed E-state index contributed by atoms with van der Waals surface area (Å²) in [5, 5.41) is 4.67. The molecule has 142 valence electrons. The molecular formula is C15H12BrF5N2O3. The molecule has 2 amide bonds. The van der Waals surface area contributed by atoms with Crippen molar-refractivity contribution in [2.45, 2.75) is 25.1 Å². The number of carbonyl (C=O) groups is 2. The first-order valence-electron chi connectivity index (χ1n) is 7.08. The molecule has 5 nitrogen and oxygen atoms in total. The Morgan fingerprint density at radius 3 is 2.42 bits per heavy atom. The van der Waals surface area contributed by atoms with Gasteiger partial charge in [0.2, 0.25) is 0 Å². The molecule has 1 heterocycles. The highest BCUT2D eigenvalue weighted by molar-refractivity contribution is 9.10. The number of carbonyl (C=O) groups excluding carboxylic acids is 2. The normalized spacial score (nSPS) is 18.3. The van der Waals surface area contributed by atoms with E-state index in [1.165, 1.54) is 6.92 Å². The Morgan fingerprint density at radius 1 is 1.23 bits per heavy atom. The molecular weight excluding hydrogens is 431 g/mol. The molecule has 1 aromatic carbocycles. The van der Waals surface area contributed by atoms with E-state index in [1.54, 1.807) is 24.3 Å². The molecule has 11 heteroatoms. The van der Waals surface area contributed by atoms with E-state index in [1.807, 2.05) is 0 Å². The monoisotopic (exact) mass is 442 g/mol. The molecule has 1 aliphatic heterocycles. The Hall–Kier alpha value is -2.17. The maximum Gasteiger partial charge on any atom is 0.456 e. The van der Waals surface area contributed by atoms with E-state index >= 15 is 0 Å². The van der Waals surface area contributed by atoms with Gasteiger partial charge in [-0.05, 0) is 18.6 Å². The van der Waals surface area contributed by atoms with E-state index in [-0.39, 0.29) is 11.3 Å². The van der Waals surface area contributed by atoms with Gasteiger partial charge in [0.25, 0.3) is 0 Å². The molecule has 0 radical (unpaired) electrons. The number of alkyl halides is 5.